The van der Waals surface area contributed by atoms with Crippen molar-refractivity contribution in [1.82, 2.24) is 14.9 Å². The molecule has 1 unspecified atom stereocenters. The van der Waals surface area contributed by atoms with Crippen LogP contribution in [0.5, 0.6) is 0 Å². The minimum absolute atomic E-state index is 0.242. The van der Waals surface area contributed by atoms with E-state index in [9.17, 15) is 5.26 Å². The lowest BCUT2D eigenvalue weighted by Gasteiger charge is -2.30. The van der Waals surface area contributed by atoms with Gasteiger partial charge in [0, 0.05) is 35.6 Å². The Hall–Kier alpha value is -2.39. The average Bonchev–Trinajstić information content (AvgIpc) is 2.54. The highest BCUT2D eigenvalue weighted by molar-refractivity contribution is 5.93. The van der Waals surface area contributed by atoms with Crippen LogP contribution in [0.2, 0.25) is 0 Å². The number of aromatic nitrogens is 2. The number of fused-ring (bicyclic) bond motifs is 1. The summed E-state index contributed by atoms with van der Waals surface area (Å²) >= 11 is 0. The summed E-state index contributed by atoms with van der Waals surface area (Å²) in [7, 11) is 2.15. The largest absolute Gasteiger partial charge is 0.367 e. The Morgan fingerprint density at radius 1 is 1.38 bits per heavy atom. The zero-order chi connectivity index (χ0) is 17.1. The van der Waals surface area contributed by atoms with Crippen molar-refractivity contribution in [1.29, 1.82) is 5.26 Å². The number of hydrogen-bond acceptors (Lipinski definition) is 6. The number of likely N-dealkylation sites (tertiary alicyclic amines) is 1. The SMILES string of the molecule is CC(C)Nc1nc(C#N)cc2cnc(NC3CCCN(C)C3)cc12. The fraction of sp³-hybridized carbons (Fsp3) is 0.500. The maximum atomic E-state index is 9.17. The van der Waals surface area contributed by atoms with E-state index >= 15 is 0 Å². The number of rotatable bonds is 4. The van der Waals surface area contributed by atoms with Crippen molar-refractivity contribution in [2.45, 2.75) is 38.8 Å². The highest BCUT2D eigenvalue weighted by Gasteiger charge is 2.17. The summed E-state index contributed by atoms with van der Waals surface area (Å²) in [4.78, 5) is 11.3. The maximum Gasteiger partial charge on any atom is 0.143 e. The van der Waals surface area contributed by atoms with Crippen LogP contribution in [0.4, 0.5) is 11.6 Å². The number of pyridine rings is 2. The van der Waals surface area contributed by atoms with Gasteiger partial charge in [0.1, 0.15) is 23.4 Å². The van der Waals surface area contributed by atoms with Gasteiger partial charge in [0.25, 0.3) is 0 Å². The van der Waals surface area contributed by atoms with E-state index in [4.69, 9.17) is 0 Å². The molecule has 2 aromatic heterocycles. The van der Waals surface area contributed by atoms with Crippen molar-refractivity contribution < 1.29 is 0 Å². The van der Waals surface area contributed by atoms with Gasteiger partial charge in [-0.3, -0.25) is 0 Å². The van der Waals surface area contributed by atoms with Crippen LogP contribution >= 0.6 is 0 Å². The quantitative estimate of drug-likeness (QED) is 0.900. The Morgan fingerprint density at radius 2 is 2.21 bits per heavy atom. The molecule has 0 bridgehead atoms. The molecular formula is C18H24N6. The van der Waals surface area contributed by atoms with E-state index in [1.54, 1.807) is 6.07 Å². The summed E-state index contributed by atoms with van der Waals surface area (Å²) < 4.78 is 0. The first kappa shape index (κ1) is 16.5. The number of anilines is 2. The molecule has 0 aliphatic carbocycles. The maximum absolute atomic E-state index is 9.17. The van der Waals surface area contributed by atoms with Crippen molar-refractivity contribution in [3.8, 4) is 6.07 Å². The second kappa shape index (κ2) is 7.02. The average molecular weight is 324 g/mol. The van der Waals surface area contributed by atoms with Crippen LogP contribution in [0.3, 0.4) is 0 Å². The van der Waals surface area contributed by atoms with Crippen LogP contribution < -0.4 is 10.6 Å². The molecule has 0 aromatic carbocycles. The summed E-state index contributed by atoms with van der Waals surface area (Å²) in [6.07, 6.45) is 4.18. The van der Waals surface area contributed by atoms with Crippen molar-refractivity contribution in [2.75, 3.05) is 30.8 Å². The van der Waals surface area contributed by atoms with E-state index in [1.807, 2.05) is 12.3 Å². The molecule has 1 atom stereocenters. The highest BCUT2D eigenvalue weighted by atomic mass is 15.1. The third-order valence-electron chi connectivity index (χ3n) is 4.23. The second-order valence-electron chi connectivity index (χ2n) is 6.80. The smallest absolute Gasteiger partial charge is 0.143 e. The van der Waals surface area contributed by atoms with E-state index in [-0.39, 0.29) is 6.04 Å². The van der Waals surface area contributed by atoms with Gasteiger partial charge in [-0.15, -0.1) is 0 Å². The molecule has 3 heterocycles. The van der Waals surface area contributed by atoms with E-state index in [2.05, 4.69) is 52.5 Å². The fourth-order valence-corrected chi connectivity index (χ4v) is 3.16. The van der Waals surface area contributed by atoms with Gasteiger partial charge in [0.2, 0.25) is 0 Å². The monoisotopic (exact) mass is 324 g/mol. The number of nitrogens with one attached hydrogen (secondary N) is 2. The second-order valence-corrected chi connectivity index (χ2v) is 6.80. The molecule has 0 spiro atoms. The molecule has 126 valence electrons. The third-order valence-corrected chi connectivity index (χ3v) is 4.23. The lowest BCUT2D eigenvalue weighted by atomic mass is 10.1. The fourth-order valence-electron chi connectivity index (χ4n) is 3.16. The van der Waals surface area contributed by atoms with Gasteiger partial charge >= 0.3 is 0 Å². The van der Waals surface area contributed by atoms with E-state index < -0.39 is 0 Å². The summed E-state index contributed by atoms with van der Waals surface area (Å²) in [6.45, 7) is 6.31. The Kier molecular flexibility index (Phi) is 4.81. The lowest BCUT2D eigenvalue weighted by Crippen LogP contribution is -2.39. The molecule has 0 amide bonds. The first-order chi connectivity index (χ1) is 11.5. The molecule has 1 saturated heterocycles. The number of hydrogen-bond donors (Lipinski definition) is 2. The molecule has 3 rings (SSSR count). The number of nitrogens with zero attached hydrogens (tertiary/aromatic N) is 4. The molecule has 6 nitrogen and oxygen atoms in total. The van der Waals surface area contributed by atoms with E-state index in [0.717, 1.165) is 41.9 Å². The third kappa shape index (κ3) is 3.74. The Bertz CT molecular complexity index is 764. The molecule has 6 heteroatoms. The minimum atomic E-state index is 0.242. The van der Waals surface area contributed by atoms with Crippen molar-refractivity contribution in [3.05, 3.63) is 24.0 Å². The minimum Gasteiger partial charge on any atom is -0.367 e. The summed E-state index contributed by atoms with van der Waals surface area (Å²) in [5.74, 6) is 1.60. The van der Waals surface area contributed by atoms with Crippen LogP contribution in [0.1, 0.15) is 32.4 Å². The molecule has 24 heavy (non-hydrogen) atoms. The van der Waals surface area contributed by atoms with Crippen molar-refractivity contribution in [2.24, 2.45) is 0 Å². The number of likely N-dealkylation sites (N-methyl/N-ethyl adjacent to an activating group) is 1. The Morgan fingerprint density at radius 3 is 2.92 bits per heavy atom. The topological polar surface area (TPSA) is 76.9 Å². The van der Waals surface area contributed by atoms with Crippen LogP contribution in [0.25, 0.3) is 10.8 Å². The Balaban J connectivity index is 1.92. The van der Waals surface area contributed by atoms with Gasteiger partial charge < -0.3 is 15.5 Å². The van der Waals surface area contributed by atoms with Gasteiger partial charge in [0.05, 0.1) is 0 Å². The molecule has 1 aliphatic rings. The first-order valence-electron chi connectivity index (χ1n) is 8.47. The molecule has 2 aromatic rings. The van der Waals surface area contributed by atoms with Gasteiger partial charge in [-0.25, -0.2) is 9.97 Å². The normalized spacial score (nSPS) is 18.5. The Labute approximate surface area is 142 Å². The highest BCUT2D eigenvalue weighted by Crippen LogP contribution is 2.26. The predicted octanol–water partition coefficient (Wildman–Crippen LogP) is 2.83. The van der Waals surface area contributed by atoms with Crippen LogP contribution in [-0.2, 0) is 0 Å². The lowest BCUT2D eigenvalue weighted by molar-refractivity contribution is 0.261. The zero-order valence-corrected chi connectivity index (χ0v) is 14.5. The molecule has 0 saturated carbocycles. The van der Waals surface area contributed by atoms with Crippen LogP contribution in [0.15, 0.2) is 18.3 Å². The first-order valence-corrected chi connectivity index (χ1v) is 8.47. The van der Waals surface area contributed by atoms with Crippen LogP contribution in [-0.4, -0.2) is 47.1 Å². The molecule has 0 radical (unpaired) electrons. The summed E-state index contributed by atoms with van der Waals surface area (Å²) in [5, 5.41) is 18.0. The number of piperidine rings is 1. The van der Waals surface area contributed by atoms with Crippen molar-refractivity contribution >= 4 is 22.4 Å². The van der Waals surface area contributed by atoms with E-state index in [1.165, 1.54) is 6.42 Å². The molecule has 2 N–H and O–H groups in total. The predicted molar refractivity (Wildman–Crippen MR) is 97.2 cm³/mol. The molecule has 1 fully saturated rings. The summed E-state index contributed by atoms with van der Waals surface area (Å²) in [6, 6.07) is 6.59. The van der Waals surface area contributed by atoms with Gasteiger partial charge in [-0.2, -0.15) is 5.26 Å². The standard InChI is InChI=1S/C18H24N6/c1-12(2)21-18-16-8-17(22-14-5-4-6-24(3)11-14)20-10-13(16)7-15(9-19)23-18/h7-8,10,12,14H,4-6,11H2,1-3H3,(H,20,22)(H,21,23). The number of nitriles is 1. The summed E-state index contributed by atoms with van der Waals surface area (Å²) in [5.41, 5.74) is 0.405. The van der Waals surface area contributed by atoms with E-state index in [0.29, 0.717) is 11.7 Å². The molecular weight excluding hydrogens is 300 g/mol. The van der Waals surface area contributed by atoms with Crippen LogP contribution in [0, 0.1) is 11.3 Å². The molecule has 1 aliphatic heterocycles. The van der Waals surface area contributed by atoms with Gasteiger partial charge in [-0.1, -0.05) is 0 Å². The van der Waals surface area contributed by atoms with Gasteiger partial charge in [-0.05, 0) is 52.4 Å². The van der Waals surface area contributed by atoms with Gasteiger partial charge in [0.15, 0.2) is 0 Å². The zero-order valence-electron chi connectivity index (χ0n) is 14.5. The van der Waals surface area contributed by atoms with Crippen molar-refractivity contribution in [3.63, 3.8) is 0 Å².